The number of amides is 1. The van der Waals surface area contributed by atoms with Crippen LogP contribution < -0.4 is 5.32 Å². The first-order valence-corrected chi connectivity index (χ1v) is 7.12. The van der Waals surface area contributed by atoms with Crippen molar-refractivity contribution in [3.05, 3.63) is 66.0 Å². The monoisotopic (exact) mass is 283 g/mol. The largest absolute Gasteiger partial charge is 0.351 e. The Morgan fingerprint density at radius 3 is 2.52 bits per heavy atom. The van der Waals surface area contributed by atoms with Gasteiger partial charge in [-0.1, -0.05) is 30.3 Å². The molecule has 1 aromatic carbocycles. The Hall–Kier alpha value is -2.20. The van der Waals surface area contributed by atoms with Gasteiger partial charge in [0.25, 0.3) is 0 Å². The van der Waals surface area contributed by atoms with Crippen molar-refractivity contribution < 1.29 is 4.79 Å². The van der Waals surface area contributed by atoms with Gasteiger partial charge in [-0.3, -0.25) is 14.7 Å². The van der Waals surface area contributed by atoms with Gasteiger partial charge in [-0.15, -0.1) is 0 Å². The zero-order valence-electron chi connectivity index (χ0n) is 12.3. The van der Waals surface area contributed by atoms with Gasteiger partial charge in [0.15, 0.2) is 0 Å². The van der Waals surface area contributed by atoms with Crippen LogP contribution in [0.4, 0.5) is 0 Å². The van der Waals surface area contributed by atoms with Crippen LogP contribution in [0, 0.1) is 0 Å². The second-order valence-electron chi connectivity index (χ2n) is 5.11. The molecule has 0 aliphatic heterocycles. The SMILES string of the molecule is CN(CCc1ccncc1)CC(=O)NCc1ccccc1. The normalized spacial score (nSPS) is 10.6. The summed E-state index contributed by atoms with van der Waals surface area (Å²) in [5.41, 5.74) is 2.35. The number of pyridine rings is 1. The first-order chi connectivity index (χ1) is 10.2. The maximum absolute atomic E-state index is 11.9. The highest BCUT2D eigenvalue weighted by molar-refractivity contribution is 5.77. The number of aromatic nitrogens is 1. The van der Waals surface area contributed by atoms with Gasteiger partial charge in [0.2, 0.25) is 5.91 Å². The molecule has 110 valence electrons. The number of hydrogen-bond acceptors (Lipinski definition) is 3. The Kier molecular flexibility index (Phi) is 5.91. The lowest BCUT2D eigenvalue weighted by atomic mass is 10.2. The van der Waals surface area contributed by atoms with E-state index in [1.165, 1.54) is 5.56 Å². The average Bonchev–Trinajstić information content (AvgIpc) is 2.53. The Labute approximate surface area is 125 Å². The Bertz CT molecular complexity index is 542. The van der Waals surface area contributed by atoms with Crippen molar-refractivity contribution in [2.75, 3.05) is 20.1 Å². The molecule has 0 aliphatic rings. The van der Waals surface area contributed by atoms with Gasteiger partial charge in [-0.05, 0) is 36.7 Å². The number of benzene rings is 1. The van der Waals surface area contributed by atoms with Crippen LogP contribution in [0.5, 0.6) is 0 Å². The average molecular weight is 283 g/mol. The fourth-order valence-electron chi connectivity index (χ4n) is 2.05. The van der Waals surface area contributed by atoms with E-state index in [0.29, 0.717) is 13.1 Å². The summed E-state index contributed by atoms with van der Waals surface area (Å²) in [5, 5.41) is 2.94. The minimum absolute atomic E-state index is 0.0519. The van der Waals surface area contributed by atoms with Crippen LogP contribution in [0.15, 0.2) is 54.9 Å². The lowest BCUT2D eigenvalue weighted by Gasteiger charge is -2.16. The molecule has 0 unspecified atom stereocenters. The topological polar surface area (TPSA) is 45.2 Å². The standard InChI is InChI=1S/C17H21N3O/c1-20(12-9-15-7-10-18-11-8-15)14-17(21)19-13-16-5-3-2-4-6-16/h2-8,10-11H,9,12-14H2,1H3,(H,19,21). The van der Waals surface area contributed by atoms with E-state index >= 15 is 0 Å². The number of rotatable bonds is 7. The van der Waals surface area contributed by atoms with Crippen molar-refractivity contribution >= 4 is 5.91 Å². The van der Waals surface area contributed by atoms with E-state index in [-0.39, 0.29) is 5.91 Å². The van der Waals surface area contributed by atoms with Crippen LogP contribution in [0.2, 0.25) is 0 Å². The van der Waals surface area contributed by atoms with E-state index in [1.807, 2.05) is 54.4 Å². The molecule has 21 heavy (non-hydrogen) atoms. The fourth-order valence-corrected chi connectivity index (χ4v) is 2.05. The van der Waals surface area contributed by atoms with Crippen molar-refractivity contribution in [2.45, 2.75) is 13.0 Å². The maximum atomic E-state index is 11.9. The van der Waals surface area contributed by atoms with Gasteiger partial charge in [0, 0.05) is 25.5 Å². The molecule has 0 fully saturated rings. The molecule has 1 heterocycles. The summed E-state index contributed by atoms with van der Waals surface area (Å²) in [6.07, 6.45) is 4.51. The van der Waals surface area contributed by atoms with Crippen LogP contribution in [-0.4, -0.2) is 35.9 Å². The summed E-state index contributed by atoms with van der Waals surface area (Å²) in [6, 6.07) is 13.9. The highest BCUT2D eigenvalue weighted by atomic mass is 16.2. The highest BCUT2D eigenvalue weighted by Crippen LogP contribution is 1.99. The predicted octanol–water partition coefficient (Wildman–Crippen LogP) is 1.87. The summed E-state index contributed by atoms with van der Waals surface area (Å²) >= 11 is 0. The van der Waals surface area contributed by atoms with Crippen LogP contribution in [0.3, 0.4) is 0 Å². The van der Waals surface area contributed by atoms with E-state index in [2.05, 4.69) is 10.3 Å². The molecule has 0 bridgehead atoms. The zero-order valence-corrected chi connectivity index (χ0v) is 12.3. The van der Waals surface area contributed by atoms with E-state index in [1.54, 1.807) is 12.4 Å². The molecule has 0 aliphatic carbocycles. The maximum Gasteiger partial charge on any atom is 0.234 e. The summed E-state index contributed by atoms with van der Waals surface area (Å²) in [7, 11) is 1.96. The number of carbonyl (C=O) groups is 1. The van der Waals surface area contributed by atoms with Crippen molar-refractivity contribution in [1.82, 2.24) is 15.2 Å². The lowest BCUT2D eigenvalue weighted by Crippen LogP contribution is -2.35. The minimum atomic E-state index is 0.0519. The van der Waals surface area contributed by atoms with Gasteiger partial charge >= 0.3 is 0 Å². The number of hydrogen-bond donors (Lipinski definition) is 1. The molecule has 1 N–H and O–H groups in total. The smallest absolute Gasteiger partial charge is 0.234 e. The molecular formula is C17H21N3O. The number of nitrogens with zero attached hydrogens (tertiary/aromatic N) is 2. The van der Waals surface area contributed by atoms with E-state index in [9.17, 15) is 4.79 Å². The summed E-state index contributed by atoms with van der Waals surface area (Å²) in [5.74, 6) is 0.0519. The lowest BCUT2D eigenvalue weighted by molar-refractivity contribution is -0.122. The van der Waals surface area contributed by atoms with E-state index in [4.69, 9.17) is 0 Å². The van der Waals surface area contributed by atoms with Crippen molar-refractivity contribution in [1.29, 1.82) is 0 Å². The molecule has 0 radical (unpaired) electrons. The summed E-state index contributed by atoms with van der Waals surface area (Å²) < 4.78 is 0. The molecule has 2 rings (SSSR count). The van der Waals surface area contributed by atoms with E-state index in [0.717, 1.165) is 18.5 Å². The number of carbonyl (C=O) groups excluding carboxylic acids is 1. The van der Waals surface area contributed by atoms with Crippen molar-refractivity contribution in [2.24, 2.45) is 0 Å². The third-order valence-corrected chi connectivity index (χ3v) is 3.28. The molecule has 1 aromatic heterocycles. The molecule has 0 atom stereocenters. The first-order valence-electron chi connectivity index (χ1n) is 7.12. The molecule has 4 nitrogen and oxygen atoms in total. The van der Waals surface area contributed by atoms with Gasteiger partial charge in [0.05, 0.1) is 6.54 Å². The summed E-state index contributed by atoms with van der Waals surface area (Å²) in [6.45, 7) is 1.85. The van der Waals surface area contributed by atoms with Crippen LogP contribution >= 0.6 is 0 Å². The number of nitrogens with one attached hydrogen (secondary N) is 1. The highest BCUT2D eigenvalue weighted by Gasteiger charge is 2.06. The molecule has 4 heteroatoms. The minimum Gasteiger partial charge on any atom is -0.351 e. The molecule has 0 spiro atoms. The Morgan fingerprint density at radius 2 is 1.81 bits per heavy atom. The van der Waals surface area contributed by atoms with Crippen molar-refractivity contribution in [3.63, 3.8) is 0 Å². The van der Waals surface area contributed by atoms with Gasteiger partial charge in [0.1, 0.15) is 0 Å². The molecule has 2 aromatic rings. The van der Waals surface area contributed by atoms with E-state index < -0.39 is 0 Å². The molecule has 1 amide bonds. The Morgan fingerprint density at radius 1 is 1.10 bits per heavy atom. The van der Waals surface area contributed by atoms with Crippen LogP contribution in [0.1, 0.15) is 11.1 Å². The number of likely N-dealkylation sites (N-methyl/N-ethyl adjacent to an activating group) is 1. The second kappa shape index (κ2) is 8.17. The second-order valence-corrected chi connectivity index (χ2v) is 5.11. The third kappa shape index (κ3) is 5.75. The predicted molar refractivity (Wildman–Crippen MR) is 83.7 cm³/mol. The van der Waals surface area contributed by atoms with Gasteiger partial charge < -0.3 is 5.32 Å². The quantitative estimate of drug-likeness (QED) is 0.844. The molecule has 0 saturated heterocycles. The third-order valence-electron chi connectivity index (χ3n) is 3.28. The molecular weight excluding hydrogens is 262 g/mol. The zero-order chi connectivity index (χ0) is 14.9. The first kappa shape index (κ1) is 15.2. The van der Waals surface area contributed by atoms with Crippen LogP contribution in [-0.2, 0) is 17.8 Å². The van der Waals surface area contributed by atoms with Crippen LogP contribution in [0.25, 0.3) is 0 Å². The van der Waals surface area contributed by atoms with Gasteiger partial charge in [-0.25, -0.2) is 0 Å². The molecule has 0 saturated carbocycles. The van der Waals surface area contributed by atoms with Crippen molar-refractivity contribution in [3.8, 4) is 0 Å². The Balaban J connectivity index is 1.67. The fraction of sp³-hybridized carbons (Fsp3) is 0.294. The van der Waals surface area contributed by atoms with Gasteiger partial charge in [-0.2, -0.15) is 0 Å². The summed E-state index contributed by atoms with van der Waals surface area (Å²) in [4.78, 5) is 17.9.